The van der Waals surface area contributed by atoms with Crippen molar-refractivity contribution in [3.63, 3.8) is 0 Å². The highest BCUT2D eigenvalue weighted by Crippen LogP contribution is 2.50. The summed E-state index contributed by atoms with van der Waals surface area (Å²) in [6.45, 7) is 4.39. The molecule has 1 aromatic rings. The molecule has 0 radical (unpaired) electrons. The SMILES string of the molecule is COc1ccc(C2(CCl)CC2)cc1C(C)C. The van der Waals surface area contributed by atoms with Gasteiger partial charge in [0.15, 0.2) is 0 Å². The average Bonchev–Trinajstić information content (AvgIpc) is 3.09. The van der Waals surface area contributed by atoms with Crippen LogP contribution in [0.2, 0.25) is 0 Å². The van der Waals surface area contributed by atoms with Gasteiger partial charge in [0.2, 0.25) is 0 Å². The summed E-state index contributed by atoms with van der Waals surface area (Å²) in [7, 11) is 1.73. The lowest BCUT2D eigenvalue weighted by Crippen LogP contribution is -2.09. The van der Waals surface area contributed by atoms with Gasteiger partial charge < -0.3 is 4.74 Å². The van der Waals surface area contributed by atoms with E-state index < -0.39 is 0 Å². The molecule has 2 rings (SSSR count). The predicted molar refractivity (Wildman–Crippen MR) is 68.7 cm³/mol. The van der Waals surface area contributed by atoms with Gasteiger partial charge in [-0.3, -0.25) is 0 Å². The summed E-state index contributed by atoms with van der Waals surface area (Å²) in [4.78, 5) is 0. The Kier molecular flexibility index (Phi) is 3.16. The Morgan fingerprint density at radius 2 is 2.06 bits per heavy atom. The fourth-order valence-electron chi connectivity index (χ4n) is 2.17. The summed E-state index contributed by atoms with van der Waals surface area (Å²) in [5.74, 6) is 2.21. The van der Waals surface area contributed by atoms with E-state index in [9.17, 15) is 0 Å². The van der Waals surface area contributed by atoms with Crippen molar-refractivity contribution in [2.24, 2.45) is 0 Å². The minimum absolute atomic E-state index is 0.261. The van der Waals surface area contributed by atoms with Gasteiger partial charge in [-0.1, -0.05) is 26.0 Å². The van der Waals surface area contributed by atoms with E-state index in [1.54, 1.807) is 7.11 Å². The van der Waals surface area contributed by atoms with Crippen LogP contribution in [0.15, 0.2) is 18.2 Å². The van der Waals surface area contributed by atoms with E-state index in [4.69, 9.17) is 16.3 Å². The van der Waals surface area contributed by atoms with Crippen molar-refractivity contribution in [3.05, 3.63) is 29.3 Å². The molecule has 0 unspecified atom stereocenters. The minimum Gasteiger partial charge on any atom is -0.496 e. The van der Waals surface area contributed by atoms with E-state index in [0.29, 0.717) is 5.92 Å². The molecule has 1 saturated carbocycles. The van der Waals surface area contributed by atoms with Crippen molar-refractivity contribution in [2.45, 2.75) is 38.0 Å². The van der Waals surface area contributed by atoms with E-state index in [-0.39, 0.29) is 5.41 Å². The molecule has 0 bridgehead atoms. The van der Waals surface area contributed by atoms with E-state index in [0.717, 1.165) is 11.6 Å². The van der Waals surface area contributed by atoms with E-state index >= 15 is 0 Å². The molecule has 1 aliphatic rings. The van der Waals surface area contributed by atoms with Crippen LogP contribution in [-0.4, -0.2) is 13.0 Å². The van der Waals surface area contributed by atoms with Crippen LogP contribution in [0, 0.1) is 0 Å². The molecule has 0 aliphatic heterocycles. The molecule has 0 amide bonds. The van der Waals surface area contributed by atoms with Crippen LogP contribution < -0.4 is 4.74 Å². The monoisotopic (exact) mass is 238 g/mol. The smallest absolute Gasteiger partial charge is 0.122 e. The maximum Gasteiger partial charge on any atom is 0.122 e. The second-order valence-corrected chi connectivity index (χ2v) is 5.29. The Balaban J connectivity index is 2.39. The molecule has 0 N–H and O–H groups in total. The molecule has 1 fully saturated rings. The quantitative estimate of drug-likeness (QED) is 0.718. The number of benzene rings is 1. The van der Waals surface area contributed by atoms with Crippen LogP contribution in [0.3, 0.4) is 0 Å². The molecule has 1 nitrogen and oxygen atoms in total. The Bertz CT molecular complexity index is 380. The van der Waals surface area contributed by atoms with Crippen molar-refractivity contribution in [1.82, 2.24) is 0 Å². The highest BCUT2D eigenvalue weighted by molar-refractivity contribution is 6.19. The normalized spacial score (nSPS) is 17.6. The first-order valence-corrected chi connectivity index (χ1v) is 6.41. The van der Waals surface area contributed by atoms with Crippen LogP contribution >= 0.6 is 11.6 Å². The summed E-state index contributed by atoms with van der Waals surface area (Å²) >= 11 is 6.06. The Labute approximate surface area is 103 Å². The molecule has 88 valence electrons. The Hall–Kier alpha value is -0.690. The van der Waals surface area contributed by atoms with Gasteiger partial charge in [0, 0.05) is 11.3 Å². The molecule has 1 aliphatic carbocycles. The summed E-state index contributed by atoms with van der Waals surface area (Å²) in [6.07, 6.45) is 2.45. The molecule has 0 saturated heterocycles. The first-order valence-electron chi connectivity index (χ1n) is 5.87. The van der Waals surface area contributed by atoms with E-state index in [2.05, 4.69) is 32.0 Å². The van der Waals surface area contributed by atoms with Crippen molar-refractivity contribution in [1.29, 1.82) is 0 Å². The number of rotatable bonds is 4. The Morgan fingerprint density at radius 3 is 2.50 bits per heavy atom. The van der Waals surface area contributed by atoms with Crippen molar-refractivity contribution in [3.8, 4) is 5.75 Å². The highest BCUT2D eigenvalue weighted by Gasteiger charge is 2.43. The van der Waals surface area contributed by atoms with Gasteiger partial charge >= 0.3 is 0 Å². The van der Waals surface area contributed by atoms with Crippen LogP contribution in [-0.2, 0) is 5.41 Å². The largest absolute Gasteiger partial charge is 0.496 e. The molecule has 16 heavy (non-hydrogen) atoms. The topological polar surface area (TPSA) is 9.23 Å². The minimum atomic E-state index is 0.261. The third kappa shape index (κ3) is 1.93. The molecule has 2 heteroatoms. The van der Waals surface area contributed by atoms with Crippen LogP contribution in [0.5, 0.6) is 5.75 Å². The molecule has 0 aromatic heterocycles. The predicted octanol–water partition coefficient (Wildman–Crippen LogP) is 4.09. The van der Waals surface area contributed by atoms with E-state index in [1.807, 2.05) is 0 Å². The third-order valence-electron chi connectivity index (χ3n) is 3.57. The summed E-state index contributed by atoms with van der Waals surface area (Å²) in [6, 6.07) is 6.52. The standard InChI is InChI=1S/C14H19ClO/c1-10(2)12-8-11(4-5-13(12)16-3)14(9-15)6-7-14/h4-5,8,10H,6-7,9H2,1-3H3. The highest BCUT2D eigenvalue weighted by atomic mass is 35.5. The van der Waals surface area contributed by atoms with E-state index in [1.165, 1.54) is 24.0 Å². The van der Waals surface area contributed by atoms with Gasteiger partial charge in [-0.25, -0.2) is 0 Å². The molecule has 0 atom stereocenters. The van der Waals surface area contributed by atoms with Crippen molar-refractivity contribution < 1.29 is 4.74 Å². The van der Waals surface area contributed by atoms with Gasteiger partial charge in [-0.15, -0.1) is 11.6 Å². The zero-order valence-corrected chi connectivity index (χ0v) is 11.0. The van der Waals surface area contributed by atoms with Crippen LogP contribution in [0.4, 0.5) is 0 Å². The molecule has 0 spiro atoms. The van der Waals surface area contributed by atoms with Crippen LogP contribution in [0.1, 0.15) is 43.7 Å². The number of hydrogen-bond donors (Lipinski definition) is 0. The lowest BCUT2D eigenvalue weighted by Gasteiger charge is -2.17. The van der Waals surface area contributed by atoms with Gasteiger partial charge in [0.25, 0.3) is 0 Å². The van der Waals surface area contributed by atoms with Crippen molar-refractivity contribution in [2.75, 3.05) is 13.0 Å². The number of methoxy groups -OCH3 is 1. The molecule has 0 heterocycles. The van der Waals surface area contributed by atoms with Crippen LogP contribution in [0.25, 0.3) is 0 Å². The van der Waals surface area contributed by atoms with Gasteiger partial charge in [-0.05, 0) is 36.0 Å². The fraction of sp³-hybridized carbons (Fsp3) is 0.571. The molecule has 1 aromatic carbocycles. The lowest BCUT2D eigenvalue weighted by atomic mass is 9.92. The number of alkyl halides is 1. The molecular formula is C14H19ClO. The van der Waals surface area contributed by atoms with Gasteiger partial charge in [0.1, 0.15) is 5.75 Å². The van der Waals surface area contributed by atoms with Gasteiger partial charge in [0.05, 0.1) is 7.11 Å². The Morgan fingerprint density at radius 1 is 1.38 bits per heavy atom. The number of halogens is 1. The number of ether oxygens (including phenoxy) is 1. The maximum absolute atomic E-state index is 6.06. The summed E-state index contributed by atoms with van der Waals surface area (Å²) in [5, 5.41) is 0. The van der Waals surface area contributed by atoms with Crippen molar-refractivity contribution >= 4 is 11.6 Å². The first-order chi connectivity index (χ1) is 7.63. The first kappa shape index (κ1) is 11.8. The lowest BCUT2D eigenvalue weighted by molar-refractivity contribution is 0.407. The maximum atomic E-state index is 6.06. The zero-order chi connectivity index (χ0) is 11.8. The second-order valence-electron chi connectivity index (χ2n) is 5.03. The second kappa shape index (κ2) is 4.29. The fourth-order valence-corrected chi connectivity index (χ4v) is 2.59. The average molecular weight is 239 g/mol. The summed E-state index contributed by atoms with van der Waals surface area (Å²) < 4.78 is 5.40. The summed E-state index contributed by atoms with van der Waals surface area (Å²) in [5.41, 5.74) is 2.93. The zero-order valence-electron chi connectivity index (χ0n) is 10.2. The molecular weight excluding hydrogens is 220 g/mol. The number of hydrogen-bond acceptors (Lipinski definition) is 1. The van der Waals surface area contributed by atoms with Gasteiger partial charge in [-0.2, -0.15) is 0 Å². The third-order valence-corrected chi connectivity index (χ3v) is 4.09.